The number of rotatable bonds is 27. The maximum Gasteiger partial charge on any atom is 0.332 e. The third kappa shape index (κ3) is 27.3. The maximum absolute atomic E-state index is 12.0. The molecule has 5 nitrogen and oxygen atoms in total. The van der Waals surface area contributed by atoms with Crippen molar-refractivity contribution in [3.8, 4) is 0 Å². The molecule has 35 heavy (non-hydrogen) atoms. The van der Waals surface area contributed by atoms with Crippen LogP contribution in [0, 0.1) is 0 Å². The molecule has 0 aromatic rings. The van der Waals surface area contributed by atoms with Crippen LogP contribution in [0.3, 0.4) is 0 Å². The topological polar surface area (TPSA) is 63.7 Å². The number of aliphatic hydroxyl groups excluding tert-OH is 1. The van der Waals surface area contributed by atoms with Gasteiger partial charge in [-0.2, -0.15) is 0 Å². The van der Waals surface area contributed by atoms with Crippen LogP contribution in [0.25, 0.3) is 0 Å². The fourth-order valence-electron chi connectivity index (χ4n) is 4.42. The monoisotopic (exact) mass is 497 g/mol. The van der Waals surface area contributed by atoms with Crippen molar-refractivity contribution in [3.05, 3.63) is 0 Å². The van der Waals surface area contributed by atoms with E-state index < -0.39 is 0 Å². The summed E-state index contributed by atoms with van der Waals surface area (Å²) >= 11 is 0. The van der Waals surface area contributed by atoms with Crippen LogP contribution < -0.4 is 4.99 Å². The summed E-state index contributed by atoms with van der Waals surface area (Å²) in [5, 5.41) is 11.6. The van der Waals surface area contributed by atoms with Gasteiger partial charge < -0.3 is 9.94 Å². The van der Waals surface area contributed by atoms with Gasteiger partial charge in [0.05, 0.1) is 6.42 Å². The lowest BCUT2D eigenvalue weighted by Gasteiger charge is -2.14. The fraction of sp³-hybridized carbons (Fsp3) is 0.933. The molecule has 0 fully saturated rings. The largest absolute Gasteiger partial charge is 0.464 e. The first-order chi connectivity index (χ1) is 17.1. The van der Waals surface area contributed by atoms with Crippen LogP contribution in [0.2, 0.25) is 0 Å². The van der Waals surface area contributed by atoms with Crippen molar-refractivity contribution in [3.63, 3.8) is 0 Å². The predicted molar refractivity (Wildman–Crippen MR) is 150 cm³/mol. The van der Waals surface area contributed by atoms with Gasteiger partial charge in [0.15, 0.2) is 0 Å². The standard InChI is InChI=1S/C30H60N2O3/c1-4-6-8-10-12-14-15-17-19-21-23-26-30(34)35-32(3)28-24-27-31-29(33)25-22-20-18-16-13-11-9-7-5-2/h4-28H2,1-3H3,(H,31,33)/p+1. The third-order valence-corrected chi connectivity index (χ3v) is 6.74. The third-order valence-electron chi connectivity index (χ3n) is 6.74. The molecule has 0 aromatic heterocycles. The number of unbranched alkanes of at least 4 members (excludes halogenated alkanes) is 18. The van der Waals surface area contributed by atoms with E-state index in [1.54, 1.807) is 5.06 Å². The number of hydrogen-bond acceptors (Lipinski definition) is 3. The average molecular weight is 498 g/mol. The second-order valence-electron chi connectivity index (χ2n) is 10.4. The molecule has 208 valence electrons. The van der Waals surface area contributed by atoms with Crippen molar-refractivity contribution < 1.29 is 19.7 Å². The molecule has 0 aliphatic heterocycles. The molecule has 0 rings (SSSR count). The van der Waals surface area contributed by atoms with E-state index in [4.69, 9.17) is 4.84 Å². The molecule has 5 heteroatoms. The summed E-state index contributed by atoms with van der Waals surface area (Å²) in [6.07, 6.45) is 27.8. The van der Waals surface area contributed by atoms with E-state index in [2.05, 4.69) is 18.8 Å². The highest BCUT2D eigenvalue weighted by Gasteiger charge is 2.08. The van der Waals surface area contributed by atoms with Gasteiger partial charge in [0.25, 0.3) is 0 Å². The second-order valence-corrected chi connectivity index (χ2v) is 10.4. The van der Waals surface area contributed by atoms with Crippen molar-refractivity contribution in [2.45, 2.75) is 162 Å². The van der Waals surface area contributed by atoms with Gasteiger partial charge in [-0.1, -0.05) is 129 Å². The summed E-state index contributed by atoms with van der Waals surface area (Å²) in [7, 11) is 1.81. The first-order valence-electron chi connectivity index (χ1n) is 15.3. The van der Waals surface area contributed by atoms with E-state index in [0.717, 1.165) is 32.1 Å². The maximum atomic E-state index is 12.0. The van der Waals surface area contributed by atoms with Gasteiger partial charge >= 0.3 is 11.9 Å². The Morgan fingerprint density at radius 3 is 1.49 bits per heavy atom. The molecular weight excluding hydrogens is 436 g/mol. The number of hydroxylamine groups is 2. The van der Waals surface area contributed by atoms with E-state index in [-0.39, 0.29) is 5.97 Å². The van der Waals surface area contributed by atoms with E-state index >= 15 is 0 Å². The summed E-state index contributed by atoms with van der Waals surface area (Å²) < 4.78 is 0. The Kier molecular flexibility index (Phi) is 26.6. The van der Waals surface area contributed by atoms with Crippen molar-refractivity contribution >= 4 is 11.9 Å². The molecule has 0 radical (unpaired) electrons. The molecule has 0 bridgehead atoms. The smallest absolute Gasteiger partial charge is 0.332 e. The molecule has 0 amide bonds. The summed E-state index contributed by atoms with van der Waals surface area (Å²) in [5.74, 6) is 0.264. The zero-order valence-electron chi connectivity index (χ0n) is 23.9. The van der Waals surface area contributed by atoms with Crippen LogP contribution in [0.4, 0.5) is 0 Å². The average Bonchev–Trinajstić information content (AvgIpc) is 2.84. The predicted octanol–water partition coefficient (Wildman–Crippen LogP) is 7.43. The lowest BCUT2D eigenvalue weighted by Crippen LogP contribution is -2.73. The van der Waals surface area contributed by atoms with Crippen molar-refractivity contribution in [1.29, 1.82) is 0 Å². The van der Waals surface area contributed by atoms with Crippen molar-refractivity contribution in [2.24, 2.45) is 0 Å². The number of hydrogen-bond donors (Lipinski definition) is 2. The van der Waals surface area contributed by atoms with Gasteiger partial charge in [-0.05, 0) is 12.8 Å². The van der Waals surface area contributed by atoms with Crippen molar-refractivity contribution in [1.82, 2.24) is 5.06 Å². The highest BCUT2D eigenvalue weighted by molar-refractivity contribution is 5.68. The fourth-order valence-corrected chi connectivity index (χ4v) is 4.42. The van der Waals surface area contributed by atoms with E-state index in [9.17, 15) is 9.90 Å². The first-order valence-corrected chi connectivity index (χ1v) is 15.3. The van der Waals surface area contributed by atoms with Crippen LogP contribution in [0.5, 0.6) is 0 Å². The highest BCUT2D eigenvalue weighted by Crippen LogP contribution is 2.12. The summed E-state index contributed by atoms with van der Waals surface area (Å²) in [4.78, 5) is 20.5. The highest BCUT2D eigenvalue weighted by atomic mass is 16.7. The van der Waals surface area contributed by atoms with Gasteiger partial charge in [0.1, 0.15) is 6.54 Å². The lowest BCUT2D eigenvalue weighted by molar-refractivity contribution is -0.469. The molecule has 0 saturated heterocycles. The Bertz CT molecular complexity index is 482. The molecule has 0 heterocycles. The number of carbonyl (C=O) groups is 1. The number of aliphatic hydroxyl groups is 1. The van der Waals surface area contributed by atoms with Crippen LogP contribution >= 0.6 is 0 Å². The van der Waals surface area contributed by atoms with Gasteiger partial charge in [-0.15, -0.1) is 5.06 Å². The Morgan fingerprint density at radius 1 is 0.629 bits per heavy atom. The number of nitrogens with zero attached hydrogens (tertiary/aromatic N) is 1. The molecule has 0 saturated carbocycles. The van der Waals surface area contributed by atoms with Crippen molar-refractivity contribution in [2.75, 3.05) is 20.1 Å². The van der Waals surface area contributed by atoms with Crippen LogP contribution in [0.15, 0.2) is 0 Å². The van der Waals surface area contributed by atoms with Crippen LogP contribution in [-0.4, -0.2) is 42.2 Å². The Labute approximate surface area is 218 Å². The molecule has 0 aromatic carbocycles. The van der Waals surface area contributed by atoms with E-state index in [1.807, 2.05) is 7.05 Å². The minimum atomic E-state index is -0.129. The first kappa shape index (κ1) is 33.9. The quantitative estimate of drug-likeness (QED) is 0.0536. The zero-order valence-corrected chi connectivity index (χ0v) is 23.9. The molecular formula is C30H61N2O3+. The SMILES string of the molecule is CCCCCCCCCCCCCC(=O)ON(C)CCC[NH+]=C(O)CCCCCCCCCCC. The minimum absolute atomic E-state index is 0.129. The lowest BCUT2D eigenvalue weighted by atomic mass is 10.1. The zero-order chi connectivity index (χ0) is 25.8. The van der Waals surface area contributed by atoms with Crippen LogP contribution in [-0.2, 0) is 9.63 Å². The Hall–Kier alpha value is -1.10. The molecule has 0 spiro atoms. The van der Waals surface area contributed by atoms with E-state index in [0.29, 0.717) is 25.4 Å². The summed E-state index contributed by atoms with van der Waals surface area (Å²) in [6.45, 7) is 5.88. The molecule has 0 unspecified atom stereocenters. The Morgan fingerprint density at radius 2 is 1.03 bits per heavy atom. The minimum Gasteiger partial charge on any atom is -0.464 e. The molecule has 0 aliphatic rings. The normalized spacial score (nSPS) is 11.9. The molecule has 0 atom stereocenters. The Balaban J connectivity index is 3.49. The number of carbonyl (C=O) groups excluding carboxylic acids is 1. The van der Waals surface area contributed by atoms with Crippen LogP contribution in [0.1, 0.15) is 162 Å². The van der Waals surface area contributed by atoms with Gasteiger partial charge in [0, 0.05) is 26.4 Å². The van der Waals surface area contributed by atoms with Gasteiger partial charge in [0.2, 0.25) is 0 Å². The second kappa shape index (κ2) is 27.5. The molecule has 2 N–H and O–H groups in total. The van der Waals surface area contributed by atoms with E-state index in [1.165, 1.54) is 109 Å². The molecule has 0 aliphatic carbocycles. The summed E-state index contributed by atoms with van der Waals surface area (Å²) in [6, 6.07) is 0. The summed E-state index contributed by atoms with van der Waals surface area (Å²) in [5.41, 5.74) is 0. The van der Waals surface area contributed by atoms with Gasteiger partial charge in [-0.25, -0.2) is 4.99 Å². The van der Waals surface area contributed by atoms with Gasteiger partial charge in [-0.3, -0.25) is 4.79 Å². The number of nitrogens with one attached hydrogen (secondary N) is 1.